The third-order valence-corrected chi connectivity index (χ3v) is 7.09. The lowest BCUT2D eigenvalue weighted by Crippen LogP contribution is -2.41. The molecule has 13 heteroatoms. The predicted molar refractivity (Wildman–Crippen MR) is 150 cm³/mol. The second-order valence-corrected chi connectivity index (χ2v) is 9.92. The van der Waals surface area contributed by atoms with Gasteiger partial charge in [-0.3, -0.25) is 23.4 Å². The molecule has 216 valence electrons. The highest BCUT2D eigenvalue weighted by molar-refractivity contribution is 6.33. The minimum Gasteiger partial charge on any atom is -0.496 e. The first-order chi connectivity index (χ1) is 20.0. The molecule has 0 aliphatic rings. The number of ketones is 1. The van der Waals surface area contributed by atoms with Gasteiger partial charge >= 0.3 is 5.69 Å². The Morgan fingerprint density at radius 2 is 1.71 bits per heavy atom. The van der Waals surface area contributed by atoms with Crippen LogP contribution in [0.3, 0.4) is 0 Å². The summed E-state index contributed by atoms with van der Waals surface area (Å²) in [5, 5.41) is 4.40. The van der Waals surface area contributed by atoms with Crippen molar-refractivity contribution in [1.29, 1.82) is 0 Å². The van der Waals surface area contributed by atoms with E-state index in [1.165, 1.54) is 24.2 Å². The van der Waals surface area contributed by atoms with Crippen LogP contribution in [0.15, 0.2) is 58.4 Å². The summed E-state index contributed by atoms with van der Waals surface area (Å²) in [6, 6.07) is 9.33. The van der Waals surface area contributed by atoms with E-state index in [1.807, 2.05) is 0 Å². The largest absolute Gasteiger partial charge is 0.496 e. The van der Waals surface area contributed by atoms with Crippen molar-refractivity contribution >= 4 is 28.3 Å². The molecular weight excluding hydrogens is 575 g/mol. The van der Waals surface area contributed by atoms with Gasteiger partial charge in [0.15, 0.2) is 29.1 Å². The Labute approximate surface area is 241 Å². The van der Waals surface area contributed by atoms with Crippen LogP contribution in [0.1, 0.15) is 35.1 Å². The third kappa shape index (κ3) is 5.20. The zero-order chi connectivity index (χ0) is 30.3. The van der Waals surface area contributed by atoms with Crippen LogP contribution in [0.25, 0.3) is 22.0 Å². The molecule has 0 aliphatic carbocycles. The van der Waals surface area contributed by atoms with Crippen LogP contribution >= 0.6 is 11.6 Å². The molecule has 0 fully saturated rings. The van der Waals surface area contributed by atoms with Gasteiger partial charge in [-0.05, 0) is 53.6 Å². The van der Waals surface area contributed by atoms with Gasteiger partial charge in [-0.15, -0.1) is 0 Å². The van der Waals surface area contributed by atoms with Gasteiger partial charge in [0.1, 0.15) is 17.5 Å². The summed E-state index contributed by atoms with van der Waals surface area (Å²) in [7, 11) is 2.95. The molecule has 5 aromatic rings. The number of halogens is 4. The standard InChI is InChI=1S/C29H23ClF3N5O4/c1-4-23(39)16-5-6-19(30)18(9-16)17-10-22-26(24(11-17)42-3)28(40)38(13-25-34-14-36(2)35-25)29(41)37(22)12-15-7-20(31)27(33)21(32)8-15/h5-11,14H,4,12-13H2,1-3H3. The van der Waals surface area contributed by atoms with Crippen molar-refractivity contribution in [3.63, 3.8) is 0 Å². The maximum Gasteiger partial charge on any atom is 0.332 e. The van der Waals surface area contributed by atoms with E-state index in [4.69, 9.17) is 16.3 Å². The number of ether oxygens (including phenoxy) is 1. The lowest BCUT2D eigenvalue weighted by atomic mass is 9.98. The number of Topliss-reactive ketones (excluding diaryl/α,β-unsaturated/α-hetero) is 1. The number of carbonyl (C=O) groups excluding carboxylic acids is 1. The molecule has 0 aliphatic heterocycles. The van der Waals surface area contributed by atoms with Crippen LogP contribution in [0.2, 0.25) is 5.02 Å². The number of fused-ring (bicyclic) bond motifs is 1. The fourth-order valence-corrected chi connectivity index (χ4v) is 4.94. The topological polar surface area (TPSA) is 101 Å². The first-order valence-electron chi connectivity index (χ1n) is 12.7. The maximum absolute atomic E-state index is 14.1. The summed E-state index contributed by atoms with van der Waals surface area (Å²) in [6.07, 6.45) is 1.66. The number of hydrogen-bond donors (Lipinski definition) is 0. The molecule has 0 N–H and O–H groups in total. The number of nitrogens with zero attached hydrogens (tertiary/aromatic N) is 5. The lowest BCUT2D eigenvalue weighted by molar-refractivity contribution is 0.0988. The van der Waals surface area contributed by atoms with E-state index in [2.05, 4.69) is 10.1 Å². The predicted octanol–water partition coefficient (Wildman–Crippen LogP) is 4.73. The quantitative estimate of drug-likeness (QED) is 0.189. The van der Waals surface area contributed by atoms with Crippen LogP contribution in [-0.2, 0) is 20.1 Å². The summed E-state index contributed by atoms with van der Waals surface area (Å²) < 4.78 is 50.9. The number of benzene rings is 3. The van der Waals surface area contributed by atoms with Crippen LogP contribution in [0, 0.1) is 17.5 Å². The molecule has 0 amide bonds. The van der Waals surface area contributed by atoms with Crippen LogP contribution in [-0.4, -0.2) is 36.8 Å². The summed E-state index contributed by atoms with van der Waals surface area (Å²) in [4.78, 5) is 44.1. The molecule has 0 unspecified atom stereocenters. The van der Waals surface area contributed by atoms with Gasteiger partial charge in [0.2, 0.25) is 0 Å². The van der Waals surface area contributed by atoms with E-state index >= 15 is 0 Å². The Kier molecular flexibility index (Phi) is 7.74. The summed E-state index contributed by atoms with van der Waals surface area (Å²) in [5.41, 5.74) is -0.347. The average Bonchev–Trinajstić information content (AvgIpc) is 3.39. The highest BCUT2D eigenvalue weighted by Crippen LogP contribution is 2.35. The monoisotopic (exact) mass is 597 g/mol. The smallest absolute Gasteiger partial charge is 0.332 e. The molecular formula is C29H23ClF3N5O4. The Morgan fingerprint density at radius 3 is 2.33 bits per heavy atom. The Hall–Kier alpha value is -4.71. The fourth-order valence-electron chi connectivity index (χ4n) is 4.71. The van der Waals surface area contributed by atoms with Crippen molar-refractivity contribution in [2.75, 3.05) is 7.11 Å². The number of methoxy groups -OCH3 is 1. The van der Waals surface area contributed by atoms with Crippen LogP contribution in [0.5, 0.6) is 5.75 Å². The zero-order valence-electron chi connectivity index (χ0n) is 22.6. The Balaban J connectivity index is 1.82. The second kappa shape index (κ2) is 11.3. The first kappa shape index (κ1) is 28.8. The molecule has 0 bridgehead atoms. The van der Waals surface area contributed by atoms with Gasteiger partial charge < -0.3 is 4.74 Å². The van der Waals surface area contributed by atoms with E-state index in [-0.39, 0.29) is 51.8 Å². The first-order valence-corrected chi connectivity index (χ1v) is 13.1. The molecule has 9 nitrogen and oxygen atoms in total. The van der Waals surface area contributed by atoms with E-state index < -0.39 is 35.2 Å². The summed E-state index contributed by atoms with van der Waals surface area (Å²) >= 11 is 6.50. The molecule has 0 radical (unpaired) electrons. The second-order valence-electron chi connectivity index (χ2n) is 9.51. The van der Waals surface area contributed by atoms with Crippen molar-refractivity contribution in [2.24, 2.45) is 7.05 Å². The zero-order valence-corrected chi connectivity index (χ0v) is 23.4. The van der Waals surface area contributed by atoms with Gasteiger partial charge in [0.25, 0.3) is 5.56 Å². The molecule has 0 atom stereocenters. The minimum atomic E-state index is -1.65. The normalized spacial score (nSPS) is 11.3. The minimum absolute atomic E-state index is 0.0169. The Morgan fingerprint density at radius 1 is 1.00 bits per heavy atom. The lowest BCUT2D eigenvalue weighted by Gasteiger charge is -2.18. The van der Waals surface area contributed by atoms with Gasteiger partial charge in [-0.1, -0.05) is 18.5 Å². The summed E-state index contributed by atoms with van der Waals surface area (Å²) in [5.74, 6) is -4.40. The molecule has 2 aromatic heterocycles. The van der Waals surface area contributed by atoms with E-state index in [1.54, 1.807) is 38.2 Å². The van der Waals surface area contributed by atoms with E-state index in [9.17, 15) is 27.6 Å². The van der Waals surface area contributed by atoms with Gasteiger partial charge in [-0.25, -0.2) is 22.9 Å². The van der Waals surface area contributed by atoms with Gasteiger partial charge in [-0.2, -0.15) is 5.10 Å². The Bertz CT molecular complexity index is 1980. The van der Waals surface area contributed by atoms with Crippen molar-refractivity contribution < 1.29 is 22.7 Å². The molecule has 42 heavy (non-hydrogen) atoms. The highest BCUT2D eigenvalue weighted by Gasteiger charge is 2.22. The SMILES string of the molecule is CCC(=O)c1ccc(Cl)c(-c2cc(OC)c3c(=O)n(Cc4ncn(C)n4)c(=O)n(Cc4cc(F)c(F)c(F)c4)c3c2)c1. The fraction of sp³-hybridized carbons (Fsp3) is 0.207. The molecule has 0 spiro atoms. The number of aryl methyl sites for hydroxylation is 1. The van der Waals surface area contributed by atoms with Gasteiger partial charge in [0, 0.05) is 29.6 Å². The molecule has 0 saturated carbocycles. The number of aromatic nitrogens is 5. The van der Waals surface area contributed by atoms with Crippen molar-refractivity contribution in [3.05, 3.63) is 109 Å². The number of carbonyl (C=O) groups is 1. The van der Waals surface area contributed by atoms with Crippen molar-refractivity contribution in [3.8, 4) is 16.9 Å². The third-order valence-electron chi connectivity index (χ3n) is 6.76. The van der Waals surface area contributed by atoms with Gasteiger partial charge in [0.05, 0.1) is 25.7 Å². The molecule has 5 rings (SSSR count). The van der Waals surface area contributed by atoms with Crippen molar-refractivity contribution in [1.82, 2.24) is 23.9 Å². The van der Waals surface area contributed by atoms with Crippen LogP contribution < -0.4 is 16.0 Å². The highest BCUT2D eigenvalue weighted by atomic mass is 35.5. The molecule has 3 aromatic carbocycles. The number of hydrogen-bond acceptors (Lipinski definition) is 6. The van der Waals surface area contributed by atoms with Crippen molar-refractivity contribution in [2.45, 2.75) is 26.4 Å². The molecule has 0 saturated heterocycles. The van der Waals surface area contributed by atoms with E-state index in [0.29, 0.717) is 16.7 Å². The average molecular weight is 598 g/mol. The maximum atomic E-state index is 14.1. The van der Waals surface area contributed by atoms with Crippen LogP contribution in [0.4, 0.5) is 13.2 Å². The summed E-state index contributed by atoms with van der Waals surface area (Å²) in [6.45, 7) is 0.980. The van der Waals surface area contributed by atoms with E-state index in [0.717, 1.165) is 21.3 Å². The number of rotatable bonds is 8. The molecule has 2 heterocycles.